The summed E-state index contributed by atoms with van der Waals surface area (Å²) in [4.78, 5) is 19.1. The average Bonchev–Trinajstić information content (AvgIpc) is 3.66. The Morgan fingerprint density at radius 3 is 2.41 bits per heavy atom. The van der Waals surface area contributed by atoms with Crippen LogP contribution in [0.2, 0.25) is 0 Å². The van der Waals surface area contributed by atoms with E-state index in [1.807, 2.05) is 0 Å². The summed E-state index contributed by atoms with van der Waals surface area (Å²) in [6.45, 7) is 9.12. The molecular weight excluding hydrogens is 635 g/mol. The number of aliphatic hydroxyl groups excluding tert-OH is 1. The molecule has 0 saturated carbocycles. The van der Waals surface area contributed by atoms with Crippen LogP contribution in [0.3, 0.4) is 0 Å². The van der Waals surface area contributed by atoms with E-state index in [9.17, 15) is 9.90 Å². The van der Waals surface area contributed by atoms with Gasteiger partial charge in [0.1, 0.15) is 35.1 Å². The van der Waals surface area contributed by atoms with Gasteiger partial charge in [-0.25, -0.2) is 4.79 Å². The predicted molar refractivity (Wildman–Crippen MR) is 183 cm³/mol. The molecule has 0 amide bonds. The van der Waals surface area contributed by atoms with E-state index in [1.54, 1.807) is 56.9 Å². The number of H-pyrrole nitrogens is 1. The molecule has 2 fully saturated rings. The smallest absolute Gasteiger partial charge is 0.352 e. The second kappa shape index (κ2) is 17.1. The van der Waals surface area contributed by atoms with Crippen LogP contribution in [0.5, 0.6) is 17.2 Å². The molecule has 5 N–H and O–H groups in total. The molecule has 4 aromatic rings. The third-order valence-corrected chi connectivity index (χ3v) is 8.69. The summed E-state index contributed by atoms with van der Waals surface area (Å²) < 4.78 is 22.3. The Bertz CT molecular complexity index is 1550. The van der Waals surface area contributed by atoms with Crippen molar-refractivity contribution in [1.29, 1.82) is 0 Å². The standard InChI is InChI=1S/C20H17NO6.C13H27N3O.2ClH/c1-24-12-6-17(25-2)19-11(10-27-18(19)7-12)9-26-16-5-3-4-14-13(16)8-15(21-14)20(22)23;1-11-10-16(7-4-13(11)17)9-8-15-5-2-12(14)3-6-15;;/h3-8,10,21H,9H2,1-2H3,(H,22,23);11-13,17H,2-10,14H2,1H3;2*1H/t;11-,13-;;/m.0../s1. The van der Waals surface area contributed by atoms with E-state index >= 15 is 0 Å². The zero-order valence-corrected chi connectivity index (χ0v) is 28.2. The highest BCUT2D eigenvalue weighted by atomic mass is 35.5. The number of rotatable bonds is 9. The molecule has 6 rings (SSSR count). The van der Waals surface area contributed by atoms with Gasteiger partial charge in [0.15, 0.2) is 0 Å². The van der Waals surface area contributed by atoms with Crippen LogP contribution in [0.4, 0.5) is 0 Å². The Kier molecular flexibility index (Phi) is 13.9. The number of furan rings is 1. The number of carbonyl (C=O) groups is 1. The zero-order chi connectivity index (χ0) is 31.2. The minimum Gasteiger partial charge on any atom is -0.496 e. The van der Waals surface area contributed by atoms with Crippen LogP contribution in [-0.2, 0) is 6.61 Å². The maximum Gasteiger partial charge on any atom is 0.352 e. The summed E-state index contributed by atoms with van der Waals surface area (Å²) in [6, 6.07) is 11.0. The number of hydrogen-bond donors (Lipinski definition) is 4. The van der Waals surface area contributed by atoms with Gasteiger partial charge < -0.3 is 49.4 Å². The molecule has 2 atom stereocenters. The van der Waals surface area contributed by atoms with Crippen LogP contribution in [0.1, 0.15) is 42.2 Å². The number of aromatic nitrogens is 1. The Hall–Kier alpha value is -3.19. The number of carboxylic acid groups (broad SMARTS) is 1. The maximum absolute atomic E-state index is 11.2. The number of nitrogens with two attached hydrogens (primary N) is 1. The van der Waals surface area contributed by atoms with Crippen molar-refractivity contribution in [3.8, 4) is 17.2 Å². The number of methoxy groups -OCH3 is 2. The second-order valence-electron chi connectivity index (χ2n) is 11.8. The van der Waals surface area contributed by atoms with Crippen LogP contribution in [0, 0.1) is 5.92 Å². The van der Waals surface area contributed by atoms with Crippen LogP contribution < -0.4 is 19.9 Å². The Morgan fingerprint density at radius 1 is 1.02 bits per heavy atom. The predicted octanol–water partition coefficient (Wildman–Crippen LogP) is 5.16. The quantitative estimate of drug-likeness (QED) is 0.187. The number of hydrogen-bond acceptors (Lipinski definition) is 9. The van der Waals surface area contributed by atoms with Crippen molar-refractivity contribution in [2.75, 3.05) is 53.5 Å². The first-order chi connectivity index (χ1) is 21.2. The lowest BCUT2D eigenvalue weighted by Gasteiger charge is -2.36. The Balaban J connectivity index is 0.000000264. The molecule has 0 aliphatic carbocycles. The first-order valence-corrected chi connectivity index (χ1v) is 15.2. The molecule has 2 aromatic heterocycles. The number of aliphatic hydroxyl groups is 1. The fourth-order valence-electron chi connectivity index (χ4n) is 5.96. The number of aromatic amines is 1. The summed E-state index contributed by atoms with van der Waals surface area (Å²) in [5.74, 6) is 1.26. The molecule has 0 spiro atoms. The van der Waals surface area contributed by atoms with Crippen molar-refractivity contribution in [3.63, 3.8) is 0 Å². The zero-order valence-electron chi connectivity index (χ0n) is 26.6. The number of piperidine rings is 2. The summed E-state index contributed by atoms with van der Waals surface area (Å²) in [7, 11) is 3.16. The van der Waals surface area contributed by atoms with Crippen LogP contribution in [-0.4, -0.2) is 96.6 Å². The highest BCUT2D eigenvalue weighted by Crippen LogP contribution is 2.36. The van der Waals surface area contributed by atoms with Gasteiger partial charge in [-0.1, -0.05) is 13.0 Å². The molecule has 4 heterocycles. The van der Waals surface area contributed by atoms with E-state index in [0.29, 0.717) is 45.7 Å². The first kappa shape index (κ1) is 37.3. The highest BCUT2D eigenvalue weighted by molar-refractivity contribution is 5.96. The molecule has 2 saturated heterocycles. The van der Waals surface area contributed by atoms with Crippen LogP contribution in [0.25, 0.3) is 21.9 Å². The SMILES string of the molecule is COc1cc(OC)c2c(COc3cccc4[nH]c(C(=O)O)cc34)coc2c1.C[C@H]1CN(CCN2CCC(N)CC2)CC[C@@H]1O.Cl.Cl. The Morgan fingerprint density at radius 2 is 1.74 bits per heavy atom. The van der Waals surface area contributed by atoms with Gasteiger partial charge in [-0.2, -0.15) is 0 Å². The maximum atomic E-state index is 11.2. The van der Waals surface area contributed by atoms with Gasteiger partial charge in [0, 0.05) is 60.8 Å². The van der Waals surface area contributed by atoms with Crippen molar-refractivity contribution >= 4 is 52.7 Å². The van der Waals surface area contributed by atoms with Gasteiger partial charge in [-0.15, -0.1) is 24.8 Å². The van der Waals surface area contributed by atoms with Crippen LogP contribution >= 0.6 is 24.8 Å². The number of likely N-dealkylation sites (tertiary alicyclic amines) is 2. The average molecular weight is 682 g/mol. The van der Waals surface area contributed by atoms with Gasteiger partial charge in [0.2, 0.25) is 0 Å². The van der Waals surface area contributed by atoms with Gasteiger partial charge in [-0.3, -0.25) is 0 Å². The minimum absolute atomic E-state index is 0. The summed E-state index contributed by atoms with van der Waals surface area (Å²) in [5, 5.41) is 20.4. The minimum atomic E-state index is -1.02. The van der Waals surface area contributed by atoms with Crippen molar-refractivity contribution in [1.82, 2.24) is 14.8 Å². The number of nitrogens with zero attached hydrogens (tertiary/aromatic N) is 2. The molecular formula is C33H46Cl2N4O7. The molecule has 0 unspecified atom stereocenters. The highest BCUT2D eigenvalue weighted by Gasteiger charge is 2.25. The monoisotopic (exact) mass is 680 g/mol. The molecule has 2 aliphatic heterocycles. The van der Waals surface area contributed by atoms with Gasteiger partial charge in [-0.05, 0) is 56.5 Å². The number of benzene rings is 2. The number of halogens is 2. The number of ether oxygens (including phenoxy) is 3. The molecule has 254 valence electrons. The van der Waals surface area contributed by atoms with Crippen molar-refractivity contribution in [2.24, 2.45) is 11.7 Å². The van der Waals surface area contributed by atoms with Gasteiger partial charge in [0.25, 0.3) is 0 Å². The van der Waals surface area contributed by atoms with E-state index in [-0.39, 0.29) is 43.2 Å². The number of aromatic carboxylic acids is 1. The van der Waals surface area contributed by atoms with E-state index in [4.69, 9.17) is 29.5 Å². The number of fused-ring (bicyclic) bond motifs is 2. The molecule has 2 aromatic carbocycles. The lowest BCUT2D eigenvalue weighted by molar-refractivity contribution is 0.0304. The molecule has 2 aliphatic rings. The van der Waals surface area contributed by atoms with Crippen molar-refractivity contribution < 1.29 is 33.6 Å². The van der Waals surface area contributed by atoms with E-state index in [1.165, 1.54) is 0 Å². The van der Waals surface area contributed by atoms with Crippen molar-refractivity contribution in [3.05, 3.63) is 53.9 Å². The third-order valence-electron chi connectivity index (χ3n) is 8.69. The van der Waals surface area contributed by atoms with E-state index in [0.717, 1.165) is 69.5 Å². The Labute approximate surface area is 281 Å². The number of carboxylic acids is 1. The molecule has 0 bridgehead atoms. The lowest BCUT2D eigenvalue weighted by atomic mass is 9.97. The molecule has 46 heavy (non-hydrogen) atoms. The van der Waals surface area contributed by atoms with E-state index < -0.39 is 5.97 Å². The molecule has 0 radical (unpaired) electrons. The van der Waals surface area contributed by atoms with Gasteiger partial charge in [0.05, 0.1) is 32.0 Å². The fourth-order valence-corrected chi connectivity index (χ4v) is 5.96. The molecule has 11 nitrogen and oxygen atoms in total. The fraction of sp³-hybridized carbons (Fsp3) is 0.485. The van der Waals surface area contributed by atoms with E-state index in [2.05, 4.69) is 21.7 Å². The van der Waals surface area contributed by atoms with Gasteiger partial charge >= 0.3 is 5.97 Å². The third kappa shape index (κ3) is 8.99. The summed E-state index contributed by atoms with van der Waals surface area (Å²) in [5.41, 5.74) is 8.17. The van der Waals surface area contributed by atoms with Crippen molar-refractivity contribution in [2.45, 2.75) is 44.9 Å². The summed E-state index contributed by atoms with van der Waals surface area (Å²) in [6.07, 6.45) is 4.77. The topological polar surface area (TPSA) is 147 Å². The first-order valence-electron chi connectivity index (χ1n) is 15.2. The summed E-state index contributed by atoms with van der Waals surface area (Å²) >= 11 is 0. The largest absolute Gasteiger partial charge is 0.496 e. The number of nitrogens with one attached hydrogen (secondary N) is 1. The lowest BCUT2D eigenvalue weighted by Crippen LogP contribution is -2.47. The molecule has 13 heteroatoms. The van der Waals surface area contributed by atoms with Crippen LogP contribution in [0.15, 0.2) is 47.1 Å². The normalized spacial score (nSPS) is 19.1. The second-order valence-corrected chi connectivity index (χ2v) is 11.8.